The molecule has 1 saturated carbocycles. The molecule has 1 amide bonds. The maximum absolute atomic E-state index is 11.9. The fraction of sp³-hybridized carbons (Fsp3) is 0.923. The first-order valence-electron chi connectivity index (χ1n) is 6.95. The number of hydrogen-bond donors (Lipinski definition) is 3. The zero-order valence-electron chi connectivity index (χ0n) is 10.5. The van der Waals surface area contributed by atoms with E-state index in [9.17, 15) is 9.90 Å². The van der Waals surface area contributed by atoms with Crippen molar-refractivity contribution in [1.29, 1.82) is 0 Å². The number of piperidine rings is 1. The molecule has 0 aromatic carbocycles. The Morgan fingerprint density at radius 2 is 2.12 bits per heavy atom. The van der Waals surface area contributed by atoms with E-state index in [0.717, 1.165) is 51.6 Å². The molecule has 4 nitrogen and oxygen atoms in total. The fourth-order valence-corrected chi connectivity index (χ4v) is 2.89. The number of aliphatic hydroxyl groups excluding tert-OH is 1. The summed E-state index contributed by atoms with van der Waals surface area (Å²) in [7, 11) is 0. The Balaban J connectivity index is 1.68. The van der Waals surface area contributed by atoms with Crippen LogP contribution >= 0.6 is 0 Å². The Kier molecular flexibility index (Phi) is 4.80. The van der Waals surface area contributed by atoms with Gasteiger partial charge in [0.15, 0.2) is 0 Å². The molecule has 2 fully saturated rings. The molecule has 4 heteroatoms. The molecule has 2 rings (SSSR count). The molecule has 3 unspecified atom stereocenters. The average molecular weight is 240 g/mol. The zero-order valence-corrected chi connectivity index (χ0v) is 10.5. The lowest BCUT2D eigenvalue weighted by Gasteiger charge is -2.27. The SMILES string of the molecule is O=C(NCC1CCCC(O)C1)C1CCCCN1. The van der Waals surface area contributed by atoms with Gasteiger partial charge in [0.2, 0.25) is 5.91 Å². The van der Waals surface area contributed by atoms with Crippen molar-refractivity contribution in [1.82, 2.24) is 10.6 Å². The molecule has 2 aliphatic rings. The molecule has 0 aromatic heterocycles. The lowest BCUT2D eigenvalue weighted by molar-refractivity contribution is -0.124. The number of carbonyl (C=O) groups excluding carboxylic acids is 1. The molecule has 0 radical (unpaired) electrons. The van der Waals surface area contributed by atoms with Crippen molar-refractivity contribution in [3.8, 4) is 0 Å². The third-order valence-electron chi connectivity index (χ3n) is 3.95. The molecular formula is C13H24N2O2. The Morgan fingerprint density at radius 1 is 1.24 bits per heavy atom. The molecule has 1 aliphatic heterocycles. The second-order valence-electron chi connectivity index (χ2n) is 5.43. The van der Waals surface area contributed by atoms with Crippen LogP contribution in [0.4, 0.5) is 0 Å². The number of amides is 1. The van der Waals surface area contributed by atoms with E-state index < -0.39 is 0 Å². The van der Waals surface area contributed by atoms with Crippen LogP contribution in [-0.4, -0.2) is 36.2 Å². The van der Waals surface area contributed by atoms with Gasteiger partial charge in [0.1, 0.15) is 0 Å². The number of rotatable bonds is 3. The van der Waals surface area contributed by atoms with Gasteiger partial charge in [0, 0.05) is 6.54 Å². The highest BCUT2D eigenvalue weighted by Crippen LogP contribution is 2.23. The summed E-state index contributed by atoms with van der Waals surface area (Å²) in [5.41, 5.74) is 0. The molecule has 98 valence electrons. The van der Waals surface area contributed by atoms with Crippen molar-refractivity contribution in [3.63, 3.8) is 0 Å². The van der Waals surface area contributed by atoms with E-state index in [1.807, 2.05) is 0 Å². The van der Waals surface area contributed by atoms with Gasteiger partial charge < -0.3 is 15.7 Å². The lowest BCUT2D eigenvalue weighted by Crippen LogP contribution is -2.48. The van der Waals surface area contributed by atoms with E-state index in [0.29, 0.717) is 5.92 Å². The van der Waals surface area contributed by atoms with Crippen LogP contribution in [0.5, 0.6) is 0 Å². The molecule has 0 bridgehead atoms. The number of hydrogen-bond acceptors (Lipinski definition) is 3. The molecule has 1 saturated heterocycles. The van der Waals surface area contributed by atoms with Crippen LogP contribution < -0.4 is 10.6 Å². The van der Waals surface area contributed by atoms with Crippen LogP contribution in [0.2, 0.25) is 0 Å². The number of carbonyl (C=O) groups is 1. The van der Waals surface area contributed by atoms with E-state index in [1.165, 1.54) is 6.42 Å². The molecular weight excluding hydrogens is 216 g/mol. The summed E-state index contributed by atoms with van der Waals surface area (Å²) in [6.45, 7) is 1.69. The van der Waals surface area contributed by atoms with Crippen molar-refractivity contribution in [3.05, 3.63) is 0 Å². The maximum Gasteiger partial charge on any atom is 0.237 e. The summed E-state index contributed by atoms with van der Waals surface area (Å²) in [6, 6.07) is 0.0114. The molecule has 1 aliphatic carbocycles. The fourth-order valence-electron chi connectivity index (χ4n) is 2.89. The number of aliphatic hydroxyl groups is 1. The summed E-state index contributed by atoms with van der Waals surface area (Å²) in [5, 5.41) is 15.9. The lowest BCUT2D eigenvalue weighted by atomic mass is 9.87. The van der Waals surface area contributed by atoms with Crippen molar-refractivity contribution >= 4 is 5.91 Å². The quantitative estimate of drug-likeness (QED) is 0.683. The predicted molar refractivity (Wildman–Crippen MR) is 66.6 cm³/mol. The van der Waals surface area contributed by atoms with Crippen LogP contribution in [0.1, 0.15) is 44.9 Å². The Hall–Kier alpha value is -0.610. The zero-order chi connectivity index (χ0) is 12.1. The van der Waals surface area contributed by atoms with Crippen LogP contribution in [-0.2, 0) is 4.79 Å². The van der Waals surface area contributed by atoms with Gasteiger partial charge in [-0.05, 0) is 44.6 Å². The summed E-state index contributed by atoms with van der Waals surface area (Å²) < 4.78 is 0. The minimum atomic E-state index is -0.154. The van der Waals surface area contributed by atoms with Gasteiger partial charge in [0.05, 0.1) is 12.1 Å². The standard InChI is InChI=1S/C13H24N2O2/c16-11-5-3-4-10(8-11)9-15-13(17)12-6-1-2-7-14-12/h10-12,14,16H,1-9H2,(H,15,17). The largest absolute Gasteiger partial charge is 0.393 e. The first kappa shape index (κ1) is 12.8. The summed E-state index contributed by atoms with van der Waals surface area (Å²) in [5.74, 6) is 0.607. The highest BCUT2D eigenvalue weighted by Gasteiger charge is 2.23. The number of nitrogens with one attached hydrogen (secondary N) is 2. The first-order valence-corrected chi connectivity index (χ1v) is 6.95. The topological polar surface area (TPSA) is 61.4 Å². The molecule has 1 heterocycles. The van der Waals surface area contributed by atoms with Crippen LogP contribution in [0, 0.1) is 5.92 Å². The molecule has 17 heavy (non-hydrogen) atoms. The van der Waals surface area contributed by atoms with E-state index in [4.69, 9.17) is 0 Å². The normalized spacial score (nSPS) is 34.3. The maximum atomic E-state index is 11.9. The first-order chi connectivity index (χ1) is 8.25. The molecule has 0 spiro atoms. The van der Waals surface area contributed by atoms with E-state index in [2.05, 4.69) is 10.6 Å². The predicted octanol–water partition coefficient (Wildman–Crippen LogP) is 0.796. The Bertz CT molecular complexity index is 252. The van der Waals surface area contributed by atoms with Gasteiger partial charge in [-0.3, -0.25) is 4.79 Å². The highest BCUT2D eigenvalue weighted by atomic mass is 16.3. The third kappa shape index (κ3) is 3.96. The monoisotopic (exact) mass is 240 g/mol. The third-order valence-corrected chi connectivity index (χ3v) is 3.95. The molecule has 0 aromatic rings. The minimum absolute atomic E-state index is 0.0114. The van der Waals surface area contributed by atoms with E-state index in [-0.39, 0.29) is 18.1 Å². The second-order valence-corrected chi connectivity index (χ2v) is 5.43. The van der Waals surface area contributed by atoms with Gasteiger partial charge in [-0.25, -0.2) is 0 Å². The molecule has 3 atom stereocenters. The summed E-state index contributed by atoms with van der Waals surface area (Å²) in [6.07, 6.45) is 7.12. The van der Waals surface area contributed by atoms with Crippen molar-refractivity contribution in [2.24, 2.45) is 5.92 Å². The van der Waals surface area contributed by atoms with Crippen LogP contribution in [0.15, 0.2) is 0 Å². The van der Waals surface area contributed by atoms with Gasteiger partial charge in [-0.15, -0.1) is 0 Å². The van der Waals surface area contributed by atoms with E-state index in [1.54, 1.807) is 0 Å². The Labute approximate surface area is 103 Å². The van der Waals surface area contributed by atoms with Gasteiger partial charge in [-0.2, -0.15) is 0 Å². The van der Waals surface area contributed by atoms with E-state index >= 15 is 0 Å². The van der Waals surface area contributed by atoms with Crippen molar-refractivity contribution in [2.45, 2.75) is 57.1 Å². The second kappa shape index (κ2) is 6.36. The van der Waals surface area contributed by atoms with Gasteiger partial charge >= 0.3 is 0 Å². The Morgan fingerprint density at radius 3 is 2.82 bits per heavy atom. The summed E-state index contributed by atoms with van der Waals surface area (Å²) in [4.78, 5) is 11.9. The minimum Gasteiger partial charge on any atom is -0.393 e. The van der Waals surface area contributed by atoms with Gasteiger partial charge in [0.25, 0.3) is 0 Å². The van der Waals surface area contributed by atoms with Crippen LogP contribution in [0.3, 0.4) is 0 Å². The van der Waals surface area contributed by atoms with Crippen molar-refractivity contribution < 1.29 is 9.90 Å². The van der Waals surface area contributed by atoms with Crippen LogP contribution in [0.25, 0.3) is 0 Å². The summed E-state index contributed by atoms with van der Waals surface area (Å²) >= 11 is 0. The average Bonchev–Trinajstić information content (AvgIpc) is 2.37. The highest BCUT2D eigenvalue weighted by molar-refractivity contribution is 5.81. The molecule has 3 N–H and O–H groups in total. The van der Waals surface area contributed by atoms with Crippen molar-refractivity contribution in [2.75, 3.05) is 13.1 Å². The van der Waals surface area contributed by atoms with Gasteiger partial charge in [-0.1, -0.05) is 12.8 Å². The smallest absolute Gasteiger partial charge is 0.237 e.